The maximum absolute atomic E-state index is 10.4. The van der Waals surface area contributed by atoms with Gasteiger partial charge < -0.3 is 15.5 Å². The zero-order chi connectivity index (χ0) is 10.4. The Bertz CT molecular complexity index is 302. The number of carbonyl (C=O) groups is 1. The van der Waals surface area contributed by atoms with Crippen LogP contribution in [0.25, 0.3) is 0 Å². The second-order valence-corrected chi connectivity index (χ2v) is 2.90. The number of hydrogen-bond acceptors (Lipinski definition) is 5. The molecular formula is C7H11ClN4O2. The fraction of sp³-hybridized carbons (Fsp3) is 0.571. The van der Waals surface area contributed by atoms with Crippen molar-refractivity contribution in [3.05, 3.63) is 5.89 Å². The van der Waals surface area contributed by atoms with Crippen LogP contribution in [0.3, 0.4) is 0 Å². The van der Waals surface area contributed by atoms with Gasteiger partial charge >= 0.3 is 6.01 Å². The molecule has 0 atom stereocenters. The van der Waals surface area contributed by atoms with Gasteiger partial charge in [0.05, 0.1) is 0 Å². The van der Waals surface area contributed by atoms with E-state index in [2.05, 4.69) is 15.5 Å². The summed E-state index contributed by atoms with van der Waals surface area (Å²) < 4.78 is 5.06. The van der Waals surface area contributed by atoms with E-state index in [1.165, 1.54) is 0 Å². The van der Waals surface area contributed by atoms with E-state index in [0.29, 0.717) is 31.3 Å². The van der Waals surface area contributed by atoms with Crippen molar-refractivity contribution < 1.29 is 9.21 Å². The first-order valence-electron chi connectivity index (χ1n) is 4.13. The zero-order valence-corrected chi connectivity index (χ0v) is 8.25. The van der Waals surface area contributed by atoms with Crippen LogP contribution in [0.4, 0.5) is 6.01 Å². The number of amides is 1. The normalized spacial score (nSPS) is 10.1. The monoisotopic (exact) mass is 218 g/mol. The Morgan fingerprint density at radius 2 is 2.36 bits per heavy atom. The summed E-state index contributed by atoms with van der Waals surface area (Å²) in [6, 6.07) is 0.310. The molecule has 0 saturated heterocycles. The Hall–Kier alpha value is -1.30. The van der Waals surface area contributed by atoms with Crippen molar-refractivity contribution in [2.24, 2.45) is 5.73 Å². The first-order valence-corrected chi connectivity index (χ1v) is 4.66. The third kappa shape index (κ3) is 3.61. The number of primary amides is 1. The van der Waals surface area contributed by atoms with Crippen LogP contribution in [0.5, 0.6) is 0 Å². The van der Waals surface area contributed by atoms with Crippen molar-refractivity contribution in [1.29, 1.82) is 0 Å². The number of rotatable bonds is 6. The fourth-order valence-electron chi connectivity index (χ4n) is 0.837. The van der Waals surface area contributed by atoms with Gasteiger partial charge in [0, 0.05) is 13.0 Å². The minimum absolute atomic E-state index is 0.190. The number of aromatic nitrogens is 2. The van der Waals surface area contributed by atoms with Crippen molar-refractivity contribution in [3.8, 4) is 0 Å². The smallest absolute Gasteiger partial charge is 0.315 e. The lowest BCUT2D eigenvalue weighted by atomic mass is 10.3. The van der Waals surface area contributed by atoms with E-state index in [1.807, 2.05) is 0 Å². The molecule has 1 amide bonds. The standard InChI is InChI=1S/C7H11ClN4O2/c8-4-6-11-12-7(14-6)10-3-1-2-5(9)13/h1-4H2,(H2,9,13)(H,10,12). The molecule has 0 fully saturated rings. The molecule has 0 aliphatic rings. The second-order valence-electron chi connectivity index (χ2n) is 2.63. The third-order valence-corrected chi connectivity index (χ3v) is 1.69. The minimum atomic E-state index is -0.321. The lowest BCUT2D eigenvalue weighted by Crippen LogP contribution is -2.12. The van der Waals surface area contributed by atoms with Crippen LogP contribution < -0.4 is 11.1 Å². The summed E-state index contributed by atoms with van der Waals surface area (Å²) in [5.41, 5.74) is 4.96. The highest BCUT2D eigenvalue weighted by Gasteiger charge is 2.03. The minimum Gasteiger partial charge on any atom is -0.407 e. The molecule has 0 unspecified atom stereocenters. The molecule has 0 aliphatic heterocycles. The fourth-order valence-corrected chi connectivity index (χ4v) is 0.945. The van der Waals surface area contributed by atoms with E-state index in [9.17, 15) is 4.79 Å². The summed E-state index contributed by atoms with van der Waals surface area (Å²) in [6.07, 6.45) is 0.970. The summed E-state index contributed by atoms with van der Waals surface area (Å²) >= 11 is 5.46. The van der Waals surface area contributed by atoms with Gasteiger partial charge in [0.1, 0.15) is 5.88 Å². The van der Waals surface area contributed by atoms with Gasteiger partial charge in [0.15, 0.2) is 0 Å². The van der Waals surface area contributed by atoms with Crippen LogP contribution in [0.15, 0.2) is 4.42 Å². The predicted molar refractivity (Wildman–Crippen MR) is 50.8 cm³/mol. The third-order valence-electron chi connectivity index (χ3n) is 1.46. The Kier molecular flexibility index (Phi) is 4.18. The van der Waals surface area contributed by atoms with Gasteiger partial charge in [-0.15, -0.1) is 16.7 Å². The largest absolute Gasteiger partial charge is 0.407 e. The molecule has 0 saturated carbocycles. The molecule has 1 aromatic heterocycles. The van der Waals surface area contributed by atoms with Crippen molar-refractivity contribution in [2.45, 2.75) is 18.7 Å². The molecule has 0 aromatic carbocycles. The first-order chi connectivity index (χ1) is 6.72. The van der Waals surface area contributed by atoms with Gasteiger partial charge in [0.25, 0.3) is 0 Å². The Labute approximate surface area is 85.8 Å². The van der Waals surface area contributed by atoms with E-state index in [-0.39, 0.29) is 11.8 Å². The number of hydrogen-bond donors (Lipinski definition) is 2. The Morgan fingerprint density at radius 3 is 2.93 bits per heavy atom. The lowest BCUT2D eigenvalue weighted by molar-refractivity contribution is -0.118. The SMILES string of the molecule is NC(=O)CCCNc1nnc(CCl)o1. The molecular weight excluding hydrogens is 208 g/mol. The second kappa shape index (κ2) is 5.43. The number of alkyl halides is 1. The summed E-state index contributed by atoms with van der Waals surface area (Å²) in [5.74, 6) is 0.235. The van der Waals surface area contributed by atoms with Crippen molar-refractivity contribution in [2.75, 3.05) is 11.9 Å². The summed E-state index contributed by atoms with van der Waals surface area (Å²) in [7, 11) is 0. The maximum atomic E-state index is 10.4. The number of nitrogens with zero attached hydrogens (tertiary/aromatic N) is 2. The van der Waals surface area contributed by atoms with Crippen LogP contribution in [0.1, 0.15) is 18.7 Å². The number of nitrogens with one attached hydrogen (secondary N) is 1. The summed E-state index contributed by atoms with van der Waals surface area (Å²) in [5, 5.41) is 10.2. The molecule has 3 N–H and O–H groups in total. The molecule has 1 heterocycles. The van der Waals surface area contributed by atoms with E-state index in [1.54, 1.807) is 0 Å². The molecule has 6 nitrogen and oxygen atoms in total. The number of halogens is 1. The van der Waals surface area contributed by atoms with E-state index in [4.69, 9.17) is 21.8 Å². The Morgan fingerprint density at radius 1 is 1.57 bits per heavy atom. The highest BCUT2D eigenvalue weighted by atomic mass is 35.5. The van der Waals surface area contributed by atoms with E-state index < -0.39 is 0 Å². The van der Waals surface area contributed by atoms with Crippen molar-refractivity contribution in [3.63, 3.8) is 0 Å². The molecule has 0 bridgehead atoms. The summed E-state index contributed by atoms with van der Waals surface area (Å²) in [6.45, 7) is 0.562. The predicted octanol–water partition coefficient (Wildman–Crippen LogP) is 0.486. The number of nitrogens with two attached hydrogens (primary N) is 1. The lowest BCUT2D eigenvalue weighted by Gasteiger charge is -1.98. The van der Waals surface area contributed by atoms with Crippen LogP contribution in [0, 0.1) is 0 Å². The molecule has 1 aromatic rings. The van der Waals surface area contributed by atoms with E-state index >= 15 is 0 Å². The molecule has 0 spiro atoms. The van der Waals surface area contributed by atoms with Gasteiger partial charge in [-0.1, -0.05) is 5.10 Å². The van der Waals surface area contributed by atoms with Crippen LogP contribution in [-0.4, -0.2) is 22.6 Å². The van der Waals surface area contributed by atoms with Gasteiger partial charge in [-0.25, -0.2) is 0 Å². The maximum Gasteiger partial charge on any atom is 0.315 e. The van der Waals surface area contributed by atoms with Gasteiger partial charge in [-0.05, 0) is 6.42 Å². The van der Waals surface area contributed by atoms with E-state index in [0.717, 1.165) is 0 Å². The molecule has 78 valence electrons. The molecule has 0 radical (unpaired) electrons. The average molecular weight is 219 g/mol. The molecule has 7 heteroatoms. The van der Waals surface area contributed by atoms with Crippen LogP contribution >= 0.6 is 11.6 Å². The molecule has 1 rings (SSSR count). The van der Waals surface area contributed by atoms with Gasteiger partial charge in [0.2, 0.25) is 11.8 Å². The zero-order valence-electron chi connectivity index (χ0n) is 7.49. The van der Waals surface area contributed by atoms with Crippen molar-refractivity contribution in [1.82, 2.24) is 10.2 Å². The molecule has 0 aliphatic carbocycles. The van der Waals surface area contributed by atoms with Crippen LogP contribution in [0.2, 0.25) is 0 Å². The quantitative estimate of drug-likeness (QED) is 0.535. The Balaban J connectivity index is 2.21. The highest BCUT2D eigenvalue weighted by molar-refractivity contribution is 6.16. The first kappa shape index (κ1) is 10.8. The number of anilines is 1. The van der Waals surface area contributed by atoms with Gasteiger partial charge in [-0.3, -0.25) is 4.79 Å². The molecule has 14 heavy (non-hydrogen) atoms. The average Bonchev–Trinajstić information content (AvgIpc) is 2.60. The van der Waals surface area contributed by atoms with Crippen molar-refractivity contribution >= 4 is 23.5 Å². The van der Waals surface area contributed by atoms with Gasteiger partial charge in [-0.2, -0.15) is 0 Å². The highest BCUT2D eigenvalue weighted by Crippen LogP contribution is 2.07. The van der Waals surface area contributed by atoms with Crippen LogP contribution in [-0.2, 0) is 10.7 Å². The number of carbonyl (C=O) groups excluding carboxylic acids is 1. The summed E-state index contributed by atoms with van der Waals surface area (Å²) in [4.78, 5) is 10.4. The topological polar surface area (TPSA) is 94.0 Å².